The van der Waals surface area contributed by atoms with Gasteiger partial charge in [-0.25, -0.2) is 0 Å². The molecule has 0 saturated carbocycles. The van der Waals surface area contributed by atoms with E-state index in [4.69, 9.17) is 10.5 Å². The number of carbonyl (C=O) groups excluding carboxylic acids is 1. The normalized spacial score (nSPS) is 11.9. The molecular formula is C11H13FN2O4. The number of nitro groups is 1. The van der Waals surface area contributed by atoms with Gasteiger partial charge in [0.15, 0.2) is 0 Å². The zero-order valence-corrected chi connectivity index (χ0v) is 9.76. The minimum Gasteiger partial charge on any atom is -0.466 e. The Morgan fingerprint density at radius 1 is 1.61 bits per heavy atom. The van der Waals surface area contributed by atoms with Gasteiger partial charge < -0.3 is 10.5 Å². The van der Waals surface area contributed by atoms with Crippen LogP contribution in [-0.4, -0.2) is 17.5 Å². The van der Waals surface area contributed by atoms with Gasteiger partial charge in [0.25, 0.3) is 0 Å². The van der Waals surface area contributed by atoms with Crippen molar-refractivity contribution in [3.63, 3.8) is 0 Å². The summed E-state index contributed by atoms with van der Waals surface area (Å²) in [7, 11) is 0. The lowest BCUT2D eigenvalue weighted by Gasteiger charge is -2.11. The molecule has 0 saturated heterocycles. The molecule has 0 aliphatic heterocycles. The van der Waals surface area contributed by atoms with Crippen LogP contribution in [0, 0.1) is 15.9 Å². The van der Waals surface area contributed by atoms with E-state index in [1.807, 2.05) is 0 Å². The first kappa shape index (κ1) is 14.0. The van der Waals surface area contributed by atoms with E-state index in [0.29, 0.717) is 5.56 Å². The maximum Gasteiger partial charge on any atom is 0.307 e. The maximum atomic E-state index is 13.1. The number of hydrogen-bond acceptors (Lipinski definition) is 5. The summed E-state index contributed by atoms with van der Waals surface area (Å²) in [6, 6.07) is 2.53. The number of hydrogen-bond donors (Lipinski definition) is 1. The largest absolute Gasteiger partial charge is 0.466 e. The number of nitrogens with zero attached hydrogens (tertiary/aromatic N) is 1. The van der Waals surface area contributed by atoms with E-state index in [1.54, 1.807) is 6.92 Å². The Morgan fingerprint density at radius 2 is 2.28 bits per heavy atom. The van der Waals surface area contributed by atoms with Gasteiger partial charge in [0, 0.05) is 12.1 Å². The van der Waals surface area contributed by atoms with Gasteiger partial charge in [0.05, 0.1) is 18.0 Å². The van der Waals surface area contributed by atoms with Crippen LogP contribution in [-0.2, 0) is 9.53 Å². The Kier molecular flexibility index (Phi) is 4.73. The van der Waals surface area contributed by atoms with Gasteiger partial charge in [0.2, 0.25) is 5.82 Å². The second-order valence-corrected chi connectivity index (χ2v) is 3.58. The van der Waals surface area contributed by atoms with Gasteiger partial charge in [0.1, 0.15) is 0 Å². The standard InChI is InChI=1S/C11H13FN2O4/c1-2-18-11(15)6-9(13)7-3-4-8(12)10(5-7)14(16)17/h3-5,9H,2,6,13H2,1H3/t9-/m1/s1. The van der Waals surface area contributed by atoms with E-state index in [2.05, 4.69) is 0 Å². The summed E-state index contributed by atoms with van der Waals surface area (Å²) in [4.78, 5) is 20.9. The van der Waals surface area contributed by atoms with Gasteiger partial charge in [-0.2, -0.15) is 4.39 Å². The van der Waals surface area contributed by atoms with Gasteiger partial charge in [-0.05, 0) is 18.6 Å². The minimum absolute atomic E-state index is 0.114. The van der Waals surface area contributed by atoms with Crippen LogP contribution >= 0.6 is 0 Å². The van der Waals surface area contributed by atoms with Crippen LogP contribution in [0.2, 0.25) is 0 Å². The molecule has 1 aromatic carbocycles. The summed E-state index contributed by atoms with van der Waals surface area (Å²) >= 11 is 0. The first-order valence-electron chi connectivity index (χ1n) is 5.30. The highest BCUT2D eigenvalue weighted by Crippen LogP contribution is 2.23. The van der Waals surface area contributed by atoms with Crippen molar-refractivity contribution >= 4 is 11.7 Å². The van der Waals surface area contributed by atoms with Crippen molar-refractivity contribution in [1.82, 2.24) is 0 Å². The highest BCUT2D eigenvalue weighted by atomic mass is 19.1. The molecule has 0 radical (unpaired) electrons. The number of halogens is 1. The topological polar surface area (TPSA) is 95.5 Å². The van der Waals surface area contributed by atoms with Gasteiger partial charge in [-0.15, -0.1) is 0 Å². The third kappa shape index (κ3) is 3.49. The fourth-order valence-corrected chi connectivity index (χ4v) is 1.42. The Hall–Kier alpha value is -2.02. The number of rotatable bonds is 5. The lowest BCUT2D eigenvalue weighted by Crippen LogP contribution is -2.17. The Labute approximate surface area is 103 Å². The number of nitro benzene ring substituents is 1. The number of ether oxygens (including phenoxy) is 1. The molecule has 0 unspecified atom stereocenters. The molecule has 18 heavy (non-hydrogen) atoms. The highest BCUT2D eigenvalue weighted by molar-refractivity contribution is 5.70. The van der Waals surface area contributed by atoms with Crippen molar-refractivity contribution in [2.24, 2.45) is 5.73 Å². The van der Waals surface area contributed by atoms with E-state index in [9.17, 15) is 19.3 Å². The first-order valence-corrected chi connectivity index (χ1v) is 5.30. The summed E-state index contributed by atoms with van der Waals surface area (Å²) in [5, 5.41) is 10.6. The predicted octanol–water partition coefficient (Wildman–Crippen LogP) is 1.69. The molecular weight excluding hydrogens is 243 g/mol. The third-order valence-corrected chi connectivity index (χ3v) is 2.29. The molecule has 7 heteroatoms. The fourth-order valence-electron chi connectivity index (χ4n) is 1.42. The Balaban J connectivity index is 2.86. The second kappa shape index (κ2) is 6.06. The average Bonchev–Trinajstić information content (AvgIpc) is 2.29. The SMILES string of the molecule is CCOC(=O)C[C@@H](N)c1ccc(F)c([N+](=O)[O-])c1. The highest BCUT2D eigenvalue weighted by Gasteiger charge is 2.19. The van der Waals surface area contributed by atoms with Crippen molar-refractivity contribution in [3.8, 4) is 0 Å². The molecule has 0 heterocycles. The molecule has 0 aromatic heterocycles. The van der Waals surface area contributed by atoms with Crippen molar-refractivity contribution in [2.45, 2.75) is 19.4 Å². The molecule has 6 nitrogen and oxygen atoms in total. The van der Waals surface area contributed by atoms with Crippen LogP contribution in [0.25, 0.3) is 0 Å². The molecule has 2 N–H and O–H groups in total. The predicted molar refractivity (Wildman–Crippen MR) is 61.2 cm³/mol. The number of carbonyl (C=O) groups is 1. The van der Waals surface area contributed by atoms with E-state index in [1.165, 1.54) is 6.07 Å². The molecule has 0 bridgehead atoms. The van der Waals surface area contributed by atoms with E-state index in [0.717, 1.165) is 12.1 Å². The van der Waals surface area contributed by atoms with E-state index >= 15 is 0 Å². The lowest BCUT2D eigenvalue weighted by molar-refractivity contribution is -0.387. The third-order valence-electron chi connectivity index (χ3n) is 2.29. The molecule has 0 aliphatic rings. The van der Waals surface area contributed by atoms with Crippen LogP contribution in [0.1, 0.15) is 24.9 Å². The quantitative estimate of drug-likeness (QED) is 0.491. The van der Waals surface area contributed by atoms with Crippen molar-refractivity contribution in [2.75, 3.05) is 6.61 Å². The Morgan fingerprint density at radius 3 is 2.83 bits per heavy atom. The van der Waals surface area contributed by atoms with Crippen LogP contribution in [0.4, 0.5) is 10.1 Å². The molecule has 1 atom stereocenters. The monoisotopic (exact) mass is 256 g/mol. The summed E-state index contributed by atoms with van der Waals surface area (Å²) in [5.41, 5.74) is 5.35. The first-order chi connectivity index (χ1) is 8.45. The van der Waals surface area contributed by atoms with Gasteiger partial charge in [-0.1, -0.05) is 6.07 Å². The zero-order chi connectivity index (χ0) is 13.7. The molecule has 1 aromatic rings. The summed E-state index contributed by atoms with van der Waals surface area (Å²) in [6.45, 7) is 1.89. The average molecular weight is 256 g/mol. The smallest absolute Gasteiger partial charge is 0.307 e. The molecule has 0 aliphatic carbocycles. The van der Waals surface area contributed by atoms with Crippen LogP contribution < -0.4 is 5.73 Å². The van der Waals surface area contributed by atoms with Crippen molar-refractivity contribution in [1.29, 1.82) is 0 Å². The van der Waals surface area contributed by atoms with E-state index < -0.39 is 28.4 Å². The number of esters is 1. The lowest BCUT2D eigenvalue weighted by atomic mass is 10.0. The molecule has 0 fully saturated rings. The minimum atomic E-state index is -0.938. The molecule has 0 amide bonds. The van der Waals surface area contributed by atoms with Gasteiger partial charge >= 0.3 is 11.7 Å². The molecule has 1 rings (SSSR count). The second-order valence-electron chi connectivity index (χ2n) is 3.58. The maximum absolute atomic E-state index is 13.1. The van der Waals surface area contributed by atoms with Crippen LogP contribution in [0.3, 0.4) is 0 Å². The number of benzene rings is 1. The number of nitrogens with two attached hydrogens (primary N) is 1. The summed E-state index contributed by atoms with van der Waals surface area (Å²) < 4.78 is 17.8. The van der Waals surface area contributed by atoms with E-state index in [-0.39, 0.29) is 13.0 Å². The van der Waals surface area contributed by atoms with Crippen molar-refractivity contribution < 1.29 is 18.8 Å². The molecule has 0 spiro atoms. The fraction of sp³-hybridized carbons (Fsp3) is 0.364. The van der Waals surface area contributed by atoms with Crippen LogP contribution in [0.5, 0.6) is 0 Å². The van der Waals surface area contributed by atoms with Gasteiger partial charge in [-0.3, -0.25) is 14.9 Å². The molecule has 98 valence electrons. The van der Waals surface area contributed by atoms with Crippen LogP contribution in [0.15, 0.2) is 18.2 Å². The Bertz CT molecular complexity index is 464. The summed E-state index contributed by atoms with van der Waals surface area (Å²) in [5.74, 6) is -1.44. The summed E-state index contributed by atoms with van der Waals surface area (Å²) in [6.07, 6.45) is -0.114. The zero-order valence-electron chi connectivity index (χ0n) is 9.76. The van der Waals surface area contributed by atoms with Crippen molar-refractivity contribution in [3.05, 3.63) is 39.7 Å².